The van der Waals surface area contributed by atoms with Crippen LogP contribution in [0.2, 0.25) is 0 Å². The third-order valence-corrected chi connectivity index (χ3v) is 7.01. The van der Waals surface area contributed by atoms with Gasteiger partial charge in [0.15, 0.2) is 11.6 Å². The molecule has 1 fully saturated rings. The largest absolute Gasteiger partial charge is 0.453 e. The summed E-state index contributed by atoms with van der Waals surface area (Å²) in [6, 6.07) is 17.8. The van der Waals surface area contributed by atoms with Crippen molar-refractivity contribution in [2.45, 2.75) is 28.9 Å². The molecular weight excluding hydrogens is 426 g/mol. The van der Waals surface area contributed by atoms with Crippen molar-refractivity contribution in [1.29, 1.82) is 0 Å². The van der Waals surface area contributed by atoms with Gasteiger partial charge in [0, 0.05) is 41.2 Å². The van der Waals surface area contributed by atoms with E-state index in [4.69, 9.17) is 14.7 Å². The molecule has 2 aliphatic heterocycles. The molecule has 4 heterocycles. The van der Waals surface area contributed by atoms with E-state index in [1.165, 1.54) is 0 Å². The van der Waals surface area contributed by atoms with E-state index in [0.29, 0.717) is 5.92 Å². The van der Waals surface area contributed by atoms with Gasteiger partial charge in [-0.2, -0.15) is 0 Å². The summed E-state index contributed by atoms with van der Waals surface area (Å²) in [5.74, 6) is 2.82. The van der Waals surface area contributed by atoms with E-state index in [-0.39, 0.29) is 6.17 Å². The zero-order valence-electron chi connectivity index (χ0n) is 16.9. The standard InChI is InChI=1S/C23H23N5OS2/c1-2-6-18(7-3-1)29-20-14-19(31-21-8-4-5-11-25-21)15-26-23(20)28-22(27-16-30-28)17-9-12-24-13-10-17/h1-8,11,14-17,22,24H,9-10,12-13H2. The van der Waals surface area contributed by atoms with E-state index in [1.54, 1.807) is 29.9 Å². The normalized spacial score (nSPS) is 19.0. The number of nitrogens with one attached hydrogen (secondary N) is 1. The van der Waals surface area contributed by atoms with Gasteiger partial charge in [-0.25, -0.2) is 9.97 Å². The minimum absolute atomic E-state index is 0.0759. The van der Waals surface area contributed by atoms with Gasteiger partial charge in [-0.05, 0) is 50.2 Å². The van der Waals surface area contributed by atoms with Crippen molar-refractivity contribution in [2.75, 3.05) is 17.4 Å². The van der Waals surface area contributed by atoms with Crippen LogP contribution < -0.4 is 14.4 Å². The second kappa shape index (κ2) is 9.72. The Bertz CT molecular complexity index is 1030. The predicted molar refractivity (Wildman–Crippen MR) is 127 cm³/mol. The van der Waals surface area contributed by atoms with Crippen LogP contribution in [0.4, 0.5) is 5.82 Å². The fourth-order valence-electron chi connectivity index (χ4n) is 3.75. The molecule has 0 aliphatic carbocycles. The van der Waals surface area contributed by atoms with E-state index >= 15 is 0 Å². The van der Waals surface area contributed by atoms with E-state index in [0.717, 1.165) is 53.2 Å². The summed E-state index contributed by atoms with van der Waals surface area (Å²) in [5, 5.41) is 4.37. The second-order valence-electron chi connectivity index (χ2n) is 7.36. The molecule has 8 heteroatoms. The number of pyridine rings is 2. The maximum Gasteiger partial charge on any atom is 0.184 e. The van der Waals surface area contributed by atoms with Gasteiger partial charge in [0.25, 0.3) is 0 Å². The average Bonchev–Trinajstić information content (AvgIpc) is 3.31. The molecule has 0 amide bonds. The summed E-state index contributed by atoms with van der Waals surface area (Å²) in [4.78, 5) is 15.0. The lowest BCUT2D eigenvalue weighted by Crippen LogP contribution is -2.39. The first-order valence-electron chi connectivity index (χ1n) is 10.4. The van der Waals surface area contributed by atoms with Gasteiger partial charge in [-0.15, -0.1) is 0 Å². The van der Waals surface area contributed by atoms with Gasteiger partial charge < -0.3 is 10.1 Å². The Hall–Kier alpha value is -2.55. The van der Waals surface area contributed by atoms with Gasteiger partial charge in [0.05, 0.1) is 5.55 Å². The fraction of sp³-hybridized carbons (Fsp3) is 0.261. The number of piperidine rings is 1. The number of aliphatic imine (C=N–C) groups is 1. The Morgan fingerprint density at radius 3 is 2.68 bits per heavy atom. The third kappa shape index (κ3) is 4.87. The molecule has 2 aromatic heterocycles. The minimum Gasteiger partial charge on any atom is -0.453 e. The van der Waals surface area contributed by atoms with E-state index in [2.05, 4.69) is 14.6 Å². The van der Waals surface area contributed by atoms with Gasteiger partial charge >= 0.3 is 0 Å². The monoisotopic (exact) mass is 449 g/mol. The maximum absolute atomic E-state index is 6.32. The van der Waals surface area contributed by atoms with Gasteiger partial charge in [-0.3, -0.25) is 9.30 Å². The zero-order chi connectivity index (χ0) is 20.9. The van der Waals surface area contributed by atoms with Crippen LogP contribution in [0.15, 0.2) is 81.9 Å². The molecular formula is C23H23N5OS2. The Morgan fingerprint density at radius 1 is 1.03 bits per heavy atom. The quantitative estimate of drug-likeness (QED) is 0.516. The number of rotatable bonds is 6. The summed E-state index contributed by atoms with van der Waals surface area (Å²) >= 11 is 3.17. The van der Waals surface area contributed by atoms with Crippen molar-refractivity contribution >= 4 is 35.1 Å². The van der Waals surface area contributed by atoms with Crippen LogP contribution in [0, 0.1) is 5.92 Å². The van der Waals surface area contributed by atoms with Crippen LogP contribution in [0.25, 0.3) is 0 Å². The van der Waals surface area contributed by atoms with Crippen molar-refractivity contribution in [1.82, 2.24) is 15.3 Å². The fourth-order valence-corrected chi connectivity index (χ4v) is 5.40. The zero-order valence-corrected chi connectivity index (χ0v) is 18.6. The Kier molecular flexibility index (Phi) is 6.38. The molecule has 0 saturated carbocycles. The molecule has 1 aromatic carbocycles. The number of aromatic nitrogens is 2. The minimum atomic E-state index is 0.0759. The number of benzene rings is 1. The molecule has 158 valence electrons. The second-order valence-corrected chi connectivity index (χ2v) is 9.27. The highest BCUT2D eigenvalue weighted by atomic mass is 32.2. The molecule has 1 unspecified atom stereocenters. The van der Waals surface area contributed by atoms with Crippen molar-refractivity contribution in [2.24, 2.45) is 10.9 Å². The highest BCUT2D eigenvalue weighted by Crippen LogP contribution is 2.42. The molecule has 2 aliphatic rings. The molecule has 31 heavy (non-hydrogen) atoms. The van der Waals surface area contributed by atoms with Crippen molar-refractivity contribution in [3.05, 3.63) is 67.0 Å². The summed E-state index contributed by atoms with van der Waals surface area (Å²) in [7, 11) is 0. The highest BCUT2D eigenvalue weighted by Gasteiger charge is 2.34. The summed E-state index contributed by atoms with van der Waals surface area (Å²) in [6.45, 7) is 2.07. The first kappa shape index (κ1) is 20.4. The number of anilines is 1. The average molecular weight is 450 g/mol. The Morgan fingerprint density at radius 2 is 1.87 bits per heavy atom. The summed E-state index contributed by atoms with van der Waals surface area (Å²) in [5.41, 5.74) is 1.93. The van der Waals surface area contributed by atoms with Crippen LogP contribution in [-0.4, -0.2) is 34.8 Å². The van der Waals surface area contributed by atoms with Crippen molar-refractivity contribution < 1.29 is 4.74 Å². The van der Waals surface area contributed by atoms with E-state index < -0.39 is 0 Å². The molecule has 0 bridgehead atoms. The van der Waals surface area contributed by atoms with Crippen molar-refractivity contribution in [3.8, 4) is 11.5 Å². The number of nitrogens with zero attached hydrogens (tertiary/aromatic N) is 4. The molecule has 0 radical (unpaired) electrons. The highest BCUT2D eigenvalue weighted by molar-refractivity contribution is 8.13. The van der Waals surface area contributed by atoms with Gasteiger partial charge in [0.2, 0.25) is 0 Å². The first-order valence-corrected chi connectivity index (χ1v) is 12.0. The summed E-state index contributed by atoms with van der Waals surface area (Å²) in [6.07, 6.45) is 5.99. The lowest BCUT2D eigenvalue weighted by atomic mass is 9.95. The SMILES string of the molecule is C1=NC(C2CCNCC2)N(c2ncc(Sc3ccccn3)cc2Oc2ccccc2)S1. The van der Waals surface area contributed by atoms with Crippen LogP contribution in [0.3, 0.4) is 0 Å². The number of hydrogen-bond acceptors (Lipinski definition) is 8. The van der Waals surface area contributed by atoms with Gasteiger partial charge in [-0.1, -0.05) is 36.0 Å². The summed E-state index contributed by atoms with van der Waals surface area (Å²) < 4.78 is 8.51. The Labute approximate surface area is 190 Å². The number of hydrogen-bond donors (Lipinski definition) is 1. The first-order chi connectivity index (χ1) is 15.4. The molecule has 1 saturated heterocycles. The molecule has 1 atom stereocenters. The van der Waals surface area contributed by atoms with Crippen LogP contribution in [-0.2, 0) is 0 Å². The predicted octanol–water partition coefficient (Wildman–Crippen LogP) is 5.24. The lowest BCUT2D eigenvalue weighted by molar-refractivity contribution is 0.328. The van der Waals surface area contributed by atoms with E-state index in [9.17, 15) is 0 Å². The molecule has 0 spiro atoms. The van der Waals surface area contributed by atoms with Gasteiger partial charge in [0.1, 0.15) is 16.9 Å². The lowest BCUT2D eigenvalue weighted by Gasteiger charge is -2.32. The Balaban J connectivity index is 1.46. The van der Waals surface area contributed by atoms with Crippen LogP contribution in [0.5, 0.6) is 11.5 Å². The van der Waals surface area contributed by atoms with Crippen molar-refractivity contribution in [3.63, 3.8) is 0 Å². The number of ether oxygens (including phenoxy) is 1. The topological polar surface area (TPSA) is 62.6 Å². The molecule has 1 N–H and O–H groups in total. The third-order valence-electron chi connectivity index (χ3n) is 5.27. The molecule has 5 rings (SSSR count). The van der Waals surface area contributed by atoms with Crippen LogP contribution in [0.1, 0.15) is 12.8 Å². The molecule has 6 nitrogen and oxygen atoms in total. The maximum atomic E-state index is 6.32. The molecule has 3 aromatic rings. The smallest absolute Gasteiger partial charge is 0.184 e. The van der Waals surface area contributed by atoms with Crippen LogP contribution >= 0.6 is 23.7 Å². The van der Waals surface area contributed by atoms with E-state index in [1.807, 2.05) is 66.3 Å². The number of para-hydroxylation sites is 1.